The lowest BCUT2D eigenvalue weighted by Gasteiger charge is -2.13. The number of aliphatic hydroxyl groups is 1. The Labute approximate surface area is 81.6 Å². The van der Waals surface area contributed by atoms with Crippen LogP contribution in [0.15, 0.2) is 29.4 Å². The maximum Gasteiger partial charge on any atom is 0.151 e. The quantitative estimate of drug-likeness (QED) is 0.534. The zero-order valence-corrected chi connectivity index (χ0v) is 7.59. The van der Waals surface area contributed by atoms with E-state index in [9.17, 15) is 5.11 Å². The van der Waals surface area contributed by atoms with E-state index in [-0.39, 0.29) is 5.84 Å². The van der Waals surface area contributed by atoms with Gasteiger partial charge in [0.15, 0.2) is 5.84 Å². The van der Waals surface area contributed by atoms with Crippen LogP contribution in [-0.2, 0) is 0 Å². The van der Waals surface area contributed by atoms with Crippen molar-refractivity contribution in [3.8, 4) is 0 Å². The summed E-state index contributed by atoms with van der Waals surface area (Å²) in [5.74, 6) is 0.252. The Morgan fingerprint density at radius 1 is 1.29 bits per heavy atom. The molecule has 1 heterocycles. The number of nitrogens with two attached hydrogens (primary N) is 2. The summed E-state index contributed by atoms with van der Waals surface area (Å²) in [5.41, 5.74) is 12.6. The average molecular weight is 192 g/mol. The third kappa shape index (κ3) is 1.49. The molecule has 1 aromatic carbocycles. The van der Waals surface area contributed by atoms with Gasteiger partial charge in [-0.1, -0.05) is 0 Å². The second-order valence-electron chi connectivity index (χ2n) is 3.21. The number of hydrazone groups is 1. The molecule has 14 heavy (non-hydrogen) atoms. The summed E-state index contributed by atoms with van der Waals surface area (Å²) in [6.45, 7) is 0.399. The fourth-order valence-corrected chi connectivity index (χ4v) is 1.31. The monoisotopic (exact) mass is 192 g/mol. The molecule has 0 bridgehead atoms. The minimum Gasteiger partial charge on any atom is -0.399 e. The smallest absolute Gasteiger partial charge is 0.151 e. The minimum atomic E-state index is -0.674. The van der Waals surface area contributed by atoms with E-state index >= 15 is 0 Å². The number of benzene rings is 1. The van der Waals surface area contributed by atoms with Gasteiger partial charge in [0.05, 0.1) is 12.2 Å². The van der Waals surface area contributed by atoms with Gasteiger partial charge in [-0.2, -0.15) is 5.10 Å². The highest BCUT2D eigenvalue weighted by Crippen LogP contribution is 2.19. The number of hydrogen-bond acceptors (Lipinski definition) is 5. The van der Waals surface area contributed by atoms with Crippen LogP contribution in [0.25, 0.3) is 0 Å². The van der Waals surface area contributed by atoms with Crippen LogP contribution in [0.5, 0.6) is 0 Å². The van der Waals surface area contributed by atoms with Gasteiger partial charge in [-0.3, -0.25) is 5.01 Å². The van der Waals surface area contributed by atoms with Crippen molar-refractivity contribution in [2.45, 2.75) is 6.10 Å². The van der Waals surface area contributed by atoms with Gasteiger partial charge in [0.1, 0.15) is 6.10 Å². The Balaban J connectivity index is 2.22. The minimum absolute atomic E-state index is 0.252. The van der Waals surface area contributed by atoms with Crippen LogP contribution < -0.4 is 16.5 Å². The predicted octanol–water partition coefficient (Wildman–Crippen LogP) is -0.278. The molecule has 0 spiro atoms. The van der Waals surface area contributed by atoms with E-state index in [0.717, 1.165) is 5.69 Å². The summed E-state index contributed by atoms with van der Waals surface area (Å²) < 4.78 is 0. The molecule has 2 rings (SSSR count). The molecule has 1 aromatic rings. The van der Waals surface area contributed by atoms with Crippen LogP contribution in [0.4, 0.5) is 11.4 Å². The van der Waals surface area contributed by atoms with Gasteiger partial charge in [-0.05, 0) is 24.3 Å². The predicted molar refractivity (Wildman–Crippen MR) is 55.8 cm³/mol. The number of nitrogens with zero attached hydrogens (tertiary/aromatic N) is 2. The maximum absolute atomic E-state index is 9.36. The van der Waals surface area contributed by atoms with Crippen molar-refractivity contribution in [1.29, 1.82) is 0 Å². The lowest BCUT2D eigenvalue weighted by molar-refractivity contribution is 0.254. The van der Waals surface area contributed by atoms with Crippen LogP contribution in [0.3, 0.4) is 0 Å². The Kier molecular flexibility index (Phi) is 2.01. The number of nitrogen functional groups attached to an aromatic ring is 1. The molecule has 0 radical (unpaired) electrons. The summed E-state index contributed by atoms with van der Waals surface area (Å²) >= 11 is 0. The van der Waals surface area contributed by atoms with Crippen LogP contribution >= 0.6 is 0 Å². The third-order valence-electron chi connectivity index (χ3n) is 2.11. The van der Waals surface area contributed by atoms with Gasteiger partial charge in [0.25, 0.3) is 0 Å². The molecule has 0 saturated carbocycles. The maximum atomic E-state index is 9.36. The Morgan fingerprint density at radius 2 is 1.93 bits per heavy atom. The fourth-order valence-electron chi connectivity index (χ4n) is 1.31. The van der Waals surface area contributed by atoms with Gasteiger partial charge < -0.3 is 16.6 Å². The highest BCUT2D eigenvalue weighted by molar-refractivity contribution is 5.88. The van der Waals surface area contributed by atoms with Crippen molar-refractivity contribution in [2.75, 3.05) is 17.3 Å². The topological polar surface area (TPSA) is 87.9 Å². The summed E-state index contributed by atoms with van der Waals surface area (Å²) in [7, 11) is 0. The van der Waals surface area contributed by atoms with Crippen LogP contribution in [0.1, 0.15) is 0 Å². The Bertz CT molecular complexity index is 360. The van der Waals surface area contributed by atoms with E-state index in [1.807, 2.05) is 12.1 Å². The first-order chi connectivity index (χ1) is 6.66. The Hall–Kier alpha value is -1.75. The van der Waals surface area contributed by atoms with E-state index in [1.54, 1.807) is 17.1 Å². The molecule has 0 saturated heterocycles. The summed E-state index contributed by atoms with van der Waals surface area (Å²) in [6.07, 6.45) is -0.674. The van der Waals surface area contributed by atoms with E-state index < -0.39 is 6.10 Å². The first-order valence-electron chi connectivity index (χ1n) is 4.32. The second kappa shape index (κ2) is 3.19. The van der Waals surface area contributed by atoms with E-state index in [2.05, 4.69) is 5.10 Å². The molecule has 5 N–H and O–H groups in total. The molecule has 1 aliphatic rings. The zero-order chi connectivity index (χ0) is 10.1. The van der Waals surface area contributed by atoms with Gasteiger partial charge in [-0.25, -0.2) is 0 Å². The molecule has 0 aliphatic carbocycles. The lowest BCUT2D eigenvalue weighted by atomic mass is 10.2. The summed E-state index contributed by atoms with van der Waals surface area (Å²) in [5, 5.41) is 15.0. The van der Waals surface area contributed by atoms with Gasteiger partial charge >= 0.3 is 0 Å². The molecular weight excluding hydrogens is 180 g/mol. The van der Waals surface area contributed by atoms with Crippen molar-refractivity contribution in [2.24, 2.45) is 10.8 Å². The number of hydrogen-bond donors (Lipinski definition) is 3. The second-order valence-corrected chi connectivity index (χ2v) is 3.21. The zero-order valence-electron chi connectivity index (χ0n) is 7.59. The molecule has 1 atom stereocenters. The van der Waals surface area contributed by atoms with Crippen molar-refractivity contribution in [1.82, 2.24) is 0 Å². The first-order valence-corrected chi connectivity index (χ1v) is 4.32. The summed E-state index contributed by atoms with van der Waals surface area (Å²) in [6, 6.07) is 7.24. The molecule has 1 aliphatic heterocycles. The van der Waals surface area contributed by atoms with E-state index in [1.165, 1.54) is 0 Å². The molecular formula is C9H12N4O. The standard InChI is InChI=1S/C9H12N4O/c10-6-1-3-7(4-2-6)13-5-8(14)9(11)12-13/h1-4,8,14H,5,10H2,(H2,11,12). The van der Waals surface area contributed by atoms with Crippen LogP contribution in [0.2, 0.25) is 0 Å². The number of aliphatic hydroxyl groups excluding tert-OH is 1. The van der Waals surface area contributed by atoms with Crippen molar-refractivity contribution >= 4 is 17.2 Å². The molecule has 0 aromatic heterocycles. The van der Waals surface area contributed by atoms with Crippen molar-refractivity contribution in [3.63, 3.8) is 0 Å². The number of anilines is 2. The largest absolute Gasteiger partial charge is 0.399 e. The number of rotatable bonds is 1. The molecule has 74 valence electrons. The van der Waals surface area contributed by atoms with Crippen molar-refractivity contribution < 1.29 is 5.11 Å². The average Bonchev–Trinajstić information content (AvgIpc) is 2.48. The van der Waals surface area contributed by atoms with Gasteiger partial charge in [-0.15, -0.1) is 0 Å². The van der Waals surface area contributed by atoms with Crippen LogP contribution in [-0.4, -0.2) is 23.6 Å². The van der Waals surface area contributed by atoms with E-state index in [0.29, 0.717) is 12.2 Å². The molecule has 1 unspecified atom stereocenters. The normalized spacial score (nSPS) is 21.1. The van der Waals surface area contributed by atoms with Gasteiger partial charge in [0.2, 0.25) is 0 Å². The highest BCUT2D eigenvalue weighted by Gasteiger charge is 2.22. The molecule has 5 nitrogen and oxygen atoms in total. The fraction of sp³-hybridized carbons (Fsp3) is 0.222. The molecule has 0 fully saturated rings. The first kappa shape index (κ1) is 8.83. The highest BCUT2D eigenvalue weighted by atomic mass is 16.3. The molecule has 0 amide bonds. The third-order valence-corrected chi connectivity index (χ3v) is 2.11. The summed E-state index contributed by atoms with van der Waals surface area (Å²) in [4.78, 5) is 0. The Morgan fingerprint density at radius 3 is 2.43 bits per heavy atom. The number of β-amino-alcohol motifs (C(OH)–C–C–N with tert-alkyl or cyclic N) is 1. The lowest BCUT2D eigenvalue weighted by Crippen LogP contribution is -2.28. The van der Waals surface area contributed by atoms with Crippen molar-refractivity contribution in [3.05, 3.63) is 24.3 Å². The SMILES string of the molecule is NC1=NN(c2ccc(N)cc2)CC1O. The van der Waals surface area contributed by atoms with Gasteiger partial charge in [0, 0.05) is 5.69 Å². The van der Waals surface area contributed by atoms with E-state index in [4.69, 9.17) is 11.5 Å². The number of amidine groups is 1. The van der Waals surface area contributed by atoms with Crippen LogP contribution in [0, 0.1) is 0 Å². The molecule has 5 heteroatoms.